The van der Waals surface area contributed by atoms with Crippen molar-refractivity contribution >= 4 is 16.9 Å². The monoisotopic (exact) mass is 259 g/mol. The quantitative estimate of drug-likeness (QED) is 0.765. The summed E-state index contributed by atoms with van der Waals surface area (Å²) in [5.41, 5.74) is 7.42. The van der Waals surface area contributed by atoms with E-state index >= 15 is 0 Å². The molecule has 5 nitrogen and oxygen atoms in total. The molecule has 3 rings (SSSR count). The molecule has 1 aromatic carbocycles. The number of hydrogen-bond donors (Lipinski definition) is 1. The van der Waals surface area contributed by atoms with Gasteiger partial charge >= 0.3 is 0 Å². The number of ether oxygens (including phenoxy) is 1. The molecule has 19 heavy (non-hydrogen) atoms. The normalized spacial score (nSPS) is 10.8. The number of fused-ring (bicyclic) bond motifs is 1. The highest BCUT2D eigenvalue weighted by molar-refractivity contribution is 5.87. The van der Waals surface area contributed by atoms with E-state index in [0.29, 0.717) is 16.7 Å². The largest absolute Gasteiger partial charge is 0.494 e. The molecular weight excluding hydrogens is 249 g/mol. The van der Waals surface area contributed by atoms with Gasteiger partial charge in [-0.1, -0.05) is 11.2 Å². The van der Waals surface area contributed by atoms with Crippen LogP contribution in [0.15, 0.2) is 35.0 Å². The fourth-order valence-corrected chi connectivity index (χ4v) is 1.85. The molecule has 0 radical (unpaired) electrons. The minimum atomic E-state index is -0.432. The van der Waals surface area contributed by atoms with Crippen molar-refractivity contribution in [3.05, 3.63) is 36.3 Å². The SMILES string of the molecule is COc1ccc(-c2cnc3onc(N)c3c2)cc1F. The van der Waals surface area contributed by atoms with Gasteiger partial charge in [0.15, 0.2) is 17.4 Å². The zero-order valence-corrected chi connectivity index (χ0v) is 10.1. The minimum Gasteiger partial charge on any atom is -0.494 e. The maximum Gasteiger partial charge on any atom is 0.259 e. The molecule has 0 amide bonds. The van der Waals surface area contributed by atoms with E-state index in [1.165, 1.54) is 13.2 Å². The van der Waals surface area contributed by atoms with E-state index < -0.39 is 5.82 Å². The lowest BCUT2D eigenvalue weighted by atomic mass is 10.1. The first kappa shape index (κ1) is 11.5. The molecule has 0 saturated heterocycles. The van der Waals surface area contributed by atoms with Crippen molar-refractivity contribution in [1.29, 1.82) is 0 Å². The van der Waals surface area contributed by atoms with Crippen LogP contribution in [0.25, 0.3) is 22.2 Å². The van der Waals surface area contributed by atoms with Crippen LogP contribution in [0.1, 0.15) is 0 Å². The number of halogens is 1. The molecule has 6 heteroatoms. The van der Waals surface area contributed by atoms with Crippen LogP contribution in [0.2, 0.25) is 0 Å². The molecule has 0 atom stereocenters. The van der Waals surface area contributed by atoms with Gasteiger partial charge in [0, 0.05) is 11.8 Å². The van der Waals surface area contributed by atoms with Crippen LogP contribution in [-0.2, 0) is 0 Å². The van der Waals surface area contributed by atoms with Gasteiger partial charge in [-0.15, -0.1) is 0 Å². The lowest BCUT2D eigenvalue weighted by Crippen LogP contribution is -1.89. The van der Waals surface area contributed by atoms with E-state index in [-0.39, 0.29) is 11.6 Å². The summed E-state index contributed by atoms with van der Waals surface area (Å²) in [6.07, 6.45) is 1.58. The Morgan fingerprint density at radius 3 is 2.84 bits per heavy atom. The Bertz CT molecular complexity index is 755. The number of hydrogen-bond acceptors (Lipinski definition) is 5. The molecule has 0 aliphatic carbocycles. The average Bonchev–Trinajstić information content (AvgIpc) is 2.80. The van der Waals surface area contributed by atoms with Crippen LogP contribution in [0, 0.1) is 5.82 Å². The van der Waals surface area contributed by atoms with Crippen LogP contribution >= 0.6 is 0 Å². The second-order valence-electron chi connectivity index (χ2n) is 3.99. The van der Waals surface area contributed by atoms with Crippen molar-refractivity contribution in [1.82, 2.24) is 10.1 Å². The van der Waals surface area contributed by atoms with Gasteiger partial charge in [-0.05, 0) is 23.8 Å². The molecule has 0 spiro atoms. The third-order valence-electron chi connectivity index (χ3n) is 2.84. The summed E-state index contributed by atoms with van der Waals surface area (Å²) in [6.45, 7) is 0. The topological polar surface area (TPSA) is 74.2 Å². The summed E-state index contributed by atoms with van der Waals surface area (Å²) >= 11 is 0. The molecular formula is C13H10FN3O2. The first-order valence-corrected chi connectivity index (χ1v) is 5.54. The number of nitrogen functional groups attached to an aromatic ring is 1. The van der Waals surface area contributed by atoms with E-state index in [1.807, 2.05) is 0 Å². The summed E-state index contributed by atoms with van der Waals surface area (Å²) in [5.74, 6) is 0.0269. The highest BCUT2D eigenvalue weighted by atomic mass is 19.1. The first-order chi connectivity index (χ1) is 9.19. The van der Waals surface area contributed by atoms with Crippen molar-refractivity contribution in [2.45, 2.75) is 0 Å². The fourth-order valence-electron chi connectivity index (χ4n) is 1.85. The van der Waals surface area contributed by atoms with E-state index in [1.54, 1.807) is 24.4 Å². The van der Waals surface area contributed by atoms with Gasteiger partial charge in [-0.25, -0.2) is 9.37 Å². The Hall–Kier alpha value is -2.63. The molecule has 2 heterocycles. The maximum absolute atomic E-state index is 13.7. The van der Waals surface area contributed by atoms with Crippen molar-refractivity contribution in [3.63, 3.8) is 0 Å². The fraction of sp³-hybridized carbons (Fsp3) is 0.0769. The highest BCUT2D eigenvalue weighted by Gasteiger charge is 2.10. The van der Waals surface area contributed by atoms with Crippen LogP contribution in [0.5, 0.6) is 5.75 Å². The standard InChI is InChI=1S/C13H10FN3O2/c1-18-11-3-2-7(5-10(11)14)8-4-9-12(15)17-19-13(9)16-6-8/h2-6H,1H3,(H2,15,17). The van der Waals surface area contributed by atoms with E-state index in [0.717, 1.165) is 5.56 Å². The second-order valence-corrected chi connectivity index (χ2v) is 3.99. The second kappa shape index (κ2) is 4.24. The number of anilines is 1. The Labute approximate surface area is 107 Å². The summed E-state index contributed by atoms with van der Waals surface area (Å²) in [6, 6.07) is 6.45. The first-order valence-electron chi connectivity index (χ1n) is 5.54. The van der Waals surface area contributed by atoms with Crippen molar-refractivity contribution < 1.29 is 13.7 Å². The molecule has 96 valence electrons. The molecule has 0 saturated carbocycles. The Morgan fingerprint density at radius 1 is 1.26 bits per heavy atom. The zero-order chi connectivity index (χ0) is 13.4. The van der Waals surface area contributed by atoms with E-state index in [9.17, 15) is 4.39 Å². The van der Waals surface area contributed by atoms with Crippen LogP contribution in [0.3, 0.4) is 0 Å². The molecule has 0 unspecified atom stereocenters. The lowest BCUT2D eigenvalue weighted by molar-refractivity contribution is 0.386. The van der Waals surface area contributed by atoms with Crippen molar-refractivity contribution in [3.8, 4) is 16.9 Å². The van der Waals surface area contributed by atoms with Gasteiger partial charge in [0.25, 0.3) is 5.71 Å². The van der Waals surface area contributed by atoms with Crippen molar-refractivity contribution in [2.75, 3.05) is 12.8 Å². The number of nitrogens with two attached hydrogens (primary N) is 1. The number of nitrogens with zero attached hydrogens (tertiary/aromatic N) is 2. The van der Waals surface area contributed by atoms with Gasteiger partial charge in [0.1, 0.15) is 0 Å². The van der Waals surface area contributed by atoms with Gasteiger partial charge in [0.2, 0.25) is 0 Å². The predicted molar refractivity (Wildman–Crippen MR) is 68.2 cm³/mol. The number of rotatable bonds is 2. The van der Waals surface area contributed by atoms with E-state index in [2.05, 4.69) is 10.1 Å². The summed E-state index contributed by atoms with van der Waals surface area (Å²) in [5, 5.41) is 4.23. The van der Waals surface area contributed by atoms with Gasteiger partial charge in [0.05, 0.1) is 12.5 Å². The molecule has 0 fully saturated rings. The minimum absolute atomic E-state index is 0.197. The number of aromatic nitrogens is 2. The Morgan fingerprint density at radius 2 is 2.11 bits per heavy atom. The molecule has 2 aromatic heterocycles. The van der Waals surface area contributed by atoms with Gasteiger partial charge < -0.3 is 15.0 Å². The molecule has 0 aliphatic rings. The molecule has 3 aromatic rings. The number of benzene rings is 1. The van der Waals surface area contributed by atoms with Crippen LogP contribution < -0.4 is 10.5 Å². The summed E-state index contributed by atoms with van der Waals surface area (Å²) < 4.78 is 23.5. The zero-order valence-electron chi connectivity index (χ0n) is 10.1. The highest BCUT2D eigenvalue weighted by Crippen LogP contribution is 2.28. The third kappa shape index (κ3) is 1.87. The number of methoxy groups -OCH3 is 1. The Balaban J connectivity index is 2.13. The smallest absolute Gasteiger partial charge is 0.259 e. The molecule has 0 bridgehead atoms. The number of pyridine rings is 1. The van der Waals surface area contributed by atoms with Crippen LogP contribution in [0.4, 0.5) is 10.2 Å². The third-order valence-corrected chi connectivity index (χ3v) is 2.84. The van der Waals surface area contributed by atoms with Gasteiger partial charge in [-0.2, -0.15) is 0 Å². The van der Waals surface area contributed by atoms with Crippen molar-refractivity contribution in [2.24, 2.45) is 0 Å². The Kier molecular flexibility index (Phi) is 2.56. The van der Waals surface area contributed by atoms with E-state index in [4.69, 9.17) is 15.0 Å². The maximum atomic E-state index is 13.7. The predicted octanol–water partition coefficient (Wildman–Crippen LogP) is 2.62. The summed E-state index contributed by atoms with van der Waals surface area (Å²) in [7, 11) is 1.42. The average molecular weight is 259 g/mol. The van der Waals surface area contributed by atoms with Gasteiger partial charge in [-0.3, -0.25) is 0 Å². The molecule has 2 N–H and O–H groups in total. The lowest BCUT2D eigenvalue weighted by Gasteiger charge is -2.05. The summed E-state index contributed by atoms with van der Waals surface area (Å²) in [4.78, 5) is 4.09. The molecule has 0 aliphatic heterocycles. The van der Waals surface area contributed by atoms with Crippen LogP contribution in [-0.4, -0.2) is 17.3 Å².